The first-order valence-corrected chi connectivity index (χ1v) is 6.64. The molecule has 0 spiro atoms. The lowest BCUT2D eigenvalue weighted by Gasteiger charge is -2.34. The van der Waals surface area contributed by atoms with Crippen LogP contribution >= 0.6 is 0 Å². The highest BCUT2D eigenvalue weighted by atomic mass is 19.4. The van der Waals surface area contributed by atoms with Gasteiger partial charge in [0.05, 0.1) is 5.92 Å². The Hall–Kier alpha value is -0.820. The summed E-state index contributed by atoms with van der Waals surface area (Å²) < 4.78 is 37.5. The summed E-state index contributed by atoms with van der Waals surface area (Å²) in [5, 5.41) is 12.1. The summed E-state index contributed by atoms with van der Waals surface area (Å²) in [7, 11) is 0. The van der Waals surface area contributed by atoms with E-state index in [1.807, 2.05) is 4.90 Å². The van der Waals surface area contributed by atoms with Crippen molar-refractivity contribution < 1.29 is 23.1 Å². The van der Waals surface area contributed by atoms with E-state index in [4.69, 9.17) is 5.11 Å². The van der Waals surface area contributed by atoms with Gasteiger partial charge in [-0.15, -0.1) is 0 Å². The van der Waals surface area contributed by atoms with Gasteiger partial charge in [0.1, 0.15) is 6.04 Å². The Labute approximate surface area is 110 Å². The van der Waals surface area contributed by atoms with E-state index >= 15 is 0 Å². The molecule has 0 radical (unpaired) electrons. The Morgan fingerprint density at radius 2 is 1.84 bits per heavy atom. The molecule has 1 unspecified atom stereocenters. The second-order valence-electron chi connectivity index (χ2n) is 5.45. The molecule has 1 saturated carbocycles. The zero-order valence-electron chi connectivity index (χ0n) is 10.6. The molecule has 2 fully saturated rings. The van der Waals surface area contributed by atoms with E-state index in [-0.39, 0.29) is 25.4 Å². The summed E-state index contributed by atoms with van der Waals surface area (Å²) in [5.74, 6) is -2.16. The van der Waals surface area contributed by atoms with Crippen molar-refractivity contribution in [3.8, 4) is 0 Å². The number of hydrogen-bond acceptors (Lipinski definition) is 3. The molecule has 0 aromatic rings. The van der Waals surface area contributed by atoms with Crippen LogP contribution in [-0.4, -0.2) is 53.9 Å². The van der Waals surface area contributed by atoms with E-state index in [0.29, 0.717) is 13.1 Å². The first-order chi connectivity index (χ1) is 8.86. The molecule has 0 amide bonds. The quantitative estimate of drug-likeness (QED) is 0.800. The number of likely N-dealkylation sites (tertiary alicyclic amines) is 1. The number of carboxylic acid groups (broad SMARTS) is 1. The van der Waals surface area contributed by atoms with Crippen LogP contribution in [-0.2, 0) is 4.79 Å². The molecule has 2 aliphatic rings. The Bertz CT molecular complexity index is 323. The zero-order valence-corrected chi connectivity index (χ0v) is 10.6. The van der Waals surface area contributed by atoms with Gasteiger partial charge < -0.3 is 15.3 Å². The predicted molar refractivity (Wildman–Crippen MR) is 62.8 cm³/mol. The van der Waals surface area contributed by atoms with E-state index in [9.17, 15) is 18.0 Å². The first kappa shape index (κ1) is 14.6. The molecule has 1 aliphatic heterocycles. The number of hydrogen-bond donors (Lipinski definition) is 2. The topological polar surface area (TPSA) is 52.6 Å². The van der Waals surface area contributed by atoms with Crippen LogP contribution in [0.3, 0.4) is 0 Å². The number of piperidine rings is 1. The summed E-state index contributed by atoms with van der Waals surface area (Å²) in [6.07, 6.45) is -2.01. The molecule has 0 bridgehead atoms. The monoisotopic (exact) mass is 280 g/mol. The van der Waals surface area contributed by atoms with Crippen molar-refractivity contribution in [2.45, 2.75) is 43.9 Å². The lowest BCUT2D eigenvalue weighted by molar-refractivity contribution is -0.185. The highest BCUT2D eigenvalue weighted by molar-refractivity contribution is 5.73. The molecule has 1 aliphatic carbocycles. The van der Waals surface area contributed by atoms with Crippen molar-refractivity contribution in [3.05, 3.63) is 0 Å². The summed E-state index contributed by atoms with van der Waals surface area (Å²) in [6, 6.07) is -0.399. The van der Waals surface area contributed by atoms with Crippen molar-refractivity contribution in [1.29, 1.82) is 0 Å². The molecule has 19 heavy (non-hydrogen) atoms. The van der Waals surface area contributed by atoms with Crippen molar-refractivity contribution in [3.63, 3.8) is 0 Å². The van der Waals surface area contributed by atoms with E-state index in [2.05, 4.69) is 5.32 Å². The fraction of sp³-hybridized carbons (Fsp3) is 0.917. The maximum absolute atomic E-state index is 12.5. The van der Waals surface area contributed by atoms with Crippen LogP contribution < -0.4 is 5.32 Å². The summed E-state index contributed by atoms with van der Waals surface area (Å²) >= 11 is 0. The van der Waals surface area contributed by atoms with Crippen LogP contribution in [0.4, 0.5) is 13.2 Å². The van der Waals surface area contributed by atoms with Crippen molar-refractivity contribution in [1.82, 2.24) is 10.2 Å². The smallest absolute Gasteiger partial charge is 0.391 e. The van der Waals surface area contributed by atoms with Crippen LogP contribution in [0.15, 0.2) is 0 Å². The van der Waals surface area contributed by atoms with Crippen LogP contribution in [0.5, 0.6) is 0 Å². The summed E-state index contributed by atoms with van der Waals surface area (Å²) in [4.78, 5) is 12.9. The minimum Gasteiger partial charge on any atom is -0.480 e. The van der Waals surface area contributed by atoms with Gasteiger partial charge in [0.15, 0.2) is 0 Å². The molecule has 1 saturated heterocycles. The molecule has 110 valence electrons. The van der Waals surface area contributed by atoms with Crippen molar-refractivity contribution in [2.75, 3.05) is 19.6 Å². The van der Waals surface area contributed by atoms with Gasteiger partial charge in [-0.05, 0) is 38.8 Å². The van der Waals surface area contributed by atoms with Crippen molar-refractivity contribution in [2.24, 2.45) is 5.92 Å². The highest BCUT2D eigenvalue weighted by Crippen LogP contribution is 2.34. The van der Waals surface area contributed by atoms with Gasteiger partial charge in [0, 0.05) is 12.6 Å². The number of aliphatic carboxylic acids is 1. The van der Waals surface area contributed by atoms with Gasteiger partial charge in [-0.3, -0.25) is 4.79 Å². The molecular formula is C12H19F3N2O2. The van der Waals surface area contributed by atoms with Gasteiger partial charge in [-0.25, -0.2) is 0 Å². The molecule has 7 heteroatoms. The number of carboxylic acids is 1. The number of rotatable bonds is 5. The Kier molecular flexibility index (Phi) is 4.35. The van der Waals surface area contributed by atoms with Crippen LogP contribution in [0.2, 0.25) is 0 Å². The Morgan fingerprint density at radius 1 is 1.26 bits per heavy atom. The molecule has 2 rings (SSSR count). The minimum absolute atomic E-state index is 0.0687. The van der Waals surface area contributed by atoms with Crippen LogP contribution in [0, 0.1) is 5.92 Å². The number of nitrogens with zero attached hydrogens (tertiary/aromatic N) is 1. The number of alkyl halides is 3. The van der Waals surface area contributed by atoms with Gasteiger partial charge in [0.25, 0.3) is 0 Å². The van der Waals surface area contributed by atoms with Crippen LogP contribution in [0.1, 0.15) is 25.7 Å². The second-order valence-corrected chi connectivity index (χ2v) is 5.45. The van der Waals surface area contributed by atoms with Crippen molar-refractivity contribution >= 4 is 5.97 Å². The maximum Gasteiger partial charge on any atom is 0.391 e. The van der Waals surface area contributed by atoms with E-state index < -0.39 is 24.1 Å². The lowest BCUT2D eigenvalue weighted by atomic mass is 9.96. The number of carbonyl (C=O) groups is 1. The molecule has 0 aromatic carbocycles. The van der Waals surface area contributed by atoms with Gasteiger partial charge in [-0.2, -0.15) is 13.2 Å². The minimum atomic E-state index is -4.12. The molecule has 0 aromatic heterocycles. The third kappa shape index (κ3) is 4.35. The average molecular weight is 280 g/mol. The van der Waals surface area contributed by atoms with Crippen LogP contribution in [0.25, 0.3) is 0 Å². The Balaban J connectivity index is 1.78. The number of nitrogens with one attached hydrogen (secondary N) is 1. The largest absolute Gasteiger partial charge is 0.480 e. The highest BCUT2D eigenvalue weighted by Gasteiger charge is 2.41. The standard InChI is InChI=1S/C12H19F3N2O2/c13-12(14,15)8-3-5-17(6-4-8)7-10(11(18)19)16-9-1-2-9/h8-10,16H,1-7H2,(H,18,19). The lowest BCUT2D eigenvalue weighted by Crippen LogP contribution is -2.49. The van der Waals surface area contributed by atoms with Gasteiger partial charge in [-0.1, -0.05) is 0 Å². The van der Waals surface area contributed by atoms with Gasteiger partial charge >= 0.3 is 12.1 Å². The fourth-order valence-corrected chi connectivity index (χ4v) is 2.44. The fourth-order valence-electron chi connectivity index (χ4n) is 2.44. The first-order valence-electron chi connectivity index (χ1n) is 6.64. The molecule has 4 nitrogen and oxygen atoms in total. The Morgan fingerprint density at radius 3 is 2.26 bits per heavy atom. The maximum atomic E-state index is 12.5. The normalized spacial score (nSPS) is 24.4. The molecular weight excluding hydrogens is 261 g/mol. The zero-order chi connectivity index (χ0) is 14.0. The van der Waals surface area contributed by atoms with E-state index in [1.54, 1.807) is 0 Å². The molecule has 1 heterocycles. The second kappa shape index (κ2) is 5.66. The summed E-state index contributed by atoms with van der Waals surface area (Å²) in [5.41, 5.74) is 0. The predicted octanol–water partition coefficient (Wildman–Crippen LogP) is 1.47. The molecule has 2 N–H and O–H groups in total. The van der Waals surface area contributed by atoms with Gasteiger partial charge in [0.2, 0.25) is 0 Å². The third-order valence-electron chi connectivity index (χ3n) is 3.80. The van der Waals surface area contributed by atoms with E-state index in [0.717, 1.165) is 12.8 Å². The SMILES string of the molecule is O=C(O)C(CN1CCC(C(F)(F)F)CC1)NC1CC1. The third-order valence-corrected chi connectivity index (χ3v) is 3.80. The number of halogens is 3. The van der Waals surface area contributed by atoms with E-state index in [1.165, 1.54) is 0 Å². The summed E-state index contributed by atoms with van der Waals surface area (Å²) in [6.45, 7) is 0.928. The molecule has 1 atom stereocenters. The average Bonchev–Trinajstić information content (AvgIpc) is 3.11.